The van der Waals surface area contributed by atoms with E-state index in [1.54, 1.807) is 6.07 Å². The second-order valence-corrected chi connectivity index (χ2v) is 9.16. The standard InChI is InChI=1S/C24H25FN2O4/c25-16-9-17-18(10-21(26-17)31-20-6-5-15-19(29)11-30-23(15)20)27-22(16)13-1-3-14(4-2-13)24(12-28)7-8-24/h1-4,9-10,15,19-20,23,26,28-29H,5-8,11-12H2/t15?,19-,20-,23+/m1/s1. The minimum Gasteiger partial charge on any atom is -0.473 e. The molecule has 6 rings (SSSR count). The lowest BCUT2D eigenvalue weighted by molar-refractivity contribution is 0.0154. The van der Waals surface area contributed by atoms with Crippen LogP contribution in [0.15, 0.2) is 36.4 Å². The second-order valence-electron chi connectivity index (χ2n) is 9.16. The Hall–Kier alpha value is -2.48. The van der Waals surface area contributed by atoms with Crippen LogP contribution in [0.2, 0.25) is 0 Å². The van der Waals surface area contributed by atoms with Crippen LogP contribution in [0.25, 0.3) is 22.3 Å². The molecule has 4 atom stereocenters. The monoisotopic (exact) mass is 424 g/mol. The average Bonchev–Trinajstić information content (AvgIpc) is 3.12. The van der Waals surface area contributed by atoms with Crippen LogP contribution in [0.4, 0.5) is 4.39 Å². The number of hydrogen-bond donors (Lipinski definition) is 3. The maximum Gasteiger partial charge on any atom is 0.193 e. The predicted octanol–water partition coefficient (Wildman–Crippen LogP) is 3.31. The van der Waals surface area contributed by atoms with E-state index in [-0.39, 0.29) is 30.1 Å². The Labute approximate surface area is 179 Å². The van der Waals surface area contributed by atoms with Crippen molar-refractivity contribution in [3.8, 4) is 17.1 Å². The van der Waals surface area contributed by atoms with Gasteiger partial charge in [-0.15, -0.1) is 0 Å². The predicted molar refractivity (Wildman–Crippen MR) is 112 cm³/mol. The fourth-order valence-corrected chi connectivity index (χ4v) is 5.17. The number of pyridine rings is 1. The topological polar surface area (TPSA) is 87.6 Å². The third-order valence-corrected chi connectivity index (χ3v) is 7.26. The van der Waals surface area contributed by atoms with Crippen LogP contribution in [-0.2, 0) is 10.2 Å². The molecule has 2 saturated carbocycles. The summed E-state index contributed by atoms with van der Waals surface area (Å²) in [6.45, 7) is 0.500. The smallest absolute Gasteiger partial charge is 0.193 e. The largest absolute Gasteiger partial charge is 0.473 e. The van der Waals surface area contributed by atoms with Gasteiger partial charge < -0.3 is 24.7 Å². The van der Waals surface area contributed by atoms with Gasteiger partial charge in [-0.25, -0.2) is 9.37 Å². The molecule has 31 heavy (non-hydrogen) atoms. The zero-order valence-corrected chi connectivity index (χ0v) is 17.1. The zero-order chi connectivity index (χ0) is 21.2. The highest BCUT2D eigenvalue weighted by atomic mass is 19.1. The molecular weight excluding hydrogens is 399 g/mol. The number of aromatic amines is 1. The van der Waals surface area contributed by atoms with Gasteiger partial charge in [-0.3, -0.25) is 0 Å². The summed E-state index contributed by atoms with van der Waals surface area (Å²) in [4.78, 5) is 7.65. The first-order valence-corrected chi connectivity index (χ1v) is 10.9. The van der Waals surface area contributed by atoms with Crippen LogP contribution in [0.1, 0.15) is 31.2 Å². The molecule has 0 radical (unpaired) electrons. The summed E-state index contributed by atoms with van der Waals surface area (Å²) in [6, 6.07) is 10.9. The number of benzene rings is 1. The van der Waals surface area contributed by atoms with Gasteiger partial charge in [0.05, 0.1) is 36.5 Å². The fraction of sp³-hybridized carbons (Fsp3) is 0.458. The Morgan fingerprint density at radius 3 is 2.74 bits per heavy atom. The number of ether oxygens (including phenoxy) is 2. The maximum absolute atomic E-state index is 14.8. The van der Waals surface area contributed by atoms with Crippen molar-refractivity contribution < 1.29 is 24.1 Å². The number of aliphatic hydroxyl groups is 2. The molecule has 162 valence electrons. The number of nitrogens with zero attached hydrogens (tertiary/aromatic N) is 1. The molecule has 1 aliphatic heterocycles. The third-order valence-electron chi connectivity index (χ3n) is 7.26. The molecule has 1 saturated heterocycles. The summed E-state index contributed by atoms with van der Waals surface area (Å²) in [5.41, 5.74) is 3.18. The zero-order valence-electron chi connectivity index (χ0n) is 17.1. The normalized spacial score (nSPS) is 28.7. The molecule has 3 N–H and O–H groups in total. The molecule has 0 bridgehead atoms. The second kappa shape index (κ2) is 7.02. The molecule has 1 unspecified atom stereocenters. The Balaban J connectivity index is 1.26. The molecule has 3 heterocycles. The van der Waals surface area contributed by atoms with E-state index in [9.17, 15) is 14.6 Å². The number of aliphatic hydroxyl groups excluding tert-OH is 2. The van der Waals surface area contributed by atoms with Gasteiger partial charge in [0.15, 0.2) is 11.7 Å². The van der Waals surface area contributed by atoms with Gasteiger partial charge in [-0.1, -0.05) is 24.3 Å². The highest BCUT2D eigenvalue weighted by molar-refractivity contribution is 5.81. The number of rotatable bonds is 5. The summed E-state index contributed by atoms with van der Waals surface area (Å²) in [7, 11) is 0. The van der Waals surface area contributed by atoms with E-state index in [1.807, 2.05) is 24.3 Å². The van der Waals surface area contributed by atoms with Crippen LogP contribution in [0.3, 0.4) is 0 Å². The van der Waals surface area contributed by atoms with Crippen molar-refractivity contribution >= 4 is 11.0 Å². The quantitative estimate of drug-likeness (QED) is 0.585. The van der Waals surface area contributed by atoms with Gasteiger partial charge in [0.1, 0.15) is 11.8 Å². The molecule has 3 fully saturated rings. The summed E-state index contributed by atoms with van der Waals surface area (Å²) in [5, 5.41) is 19.6. The summed E-state index contributed by atoms with van der Waals surface area (Å²) in [5.74, 6) is 0.254. The number of aromatic nitrogens is 2. The lowest BCUT2D eigenvalue weighted by Gasteiger charge is -2.18. The summed E-state index contributed by atoms with van der Waals surface area (Å²) in [6.07, 6.45) is 3.01. The van der Waals surface area contributed by atoms with Gasteiger partial charge in [0, 0.05) is 29.0 Å². The van der Waals surface area contributed by atoms with Crippen molar-refractivity contribution in [3.63, 3.8) is 0 Å². The Morgan fingerprint density at radius 1 is 1.19 bits per heavy atom. The average molecular weight is 424 g/mol. The van der Waals surface area contributed by atoms with Crippen LogP contribution >= 0.6 is 0 Å². The lowest BCUT2D eigenvalue weighted by Crippen LogP contribution is -2.30. The van der Waals surface area contributed by atoms with Crippen LogP contribution < -0.4 is 4.74 Å². The highest BCUT2D eigenvalue weighted by Crippen LogP contribution is 2.48. The van der Waals surface area contributed by atoms with Crippen molar-refractivity contribution in [3.05, 3.63) is 47.8 Å². The number of H-pyrrole nitrogens is 1. The maximum atomic E-state index is 14.8. The van der Waals surface area contributed by atoms with E-state index >= 15 is 0 Å². The van der Waals surface area contributed by atoms with Gasteiger partial charge >= 0.3 is 0 Å². The Morgan fingerprint density at radius 2 is 2.00 bits per heavy atom. The van der Waals surface area contributed by atoms with Crippen molar-refractivity contribution in [2.75, 3.05) is 13.2 Å². The van der Waals surface area contributed by atoms with Gasteiger partial charge in [-0.2, -0.15) is 0 Å². The van der Waals surface area contributed by atoms with E-state index in [0.29, 0.717) is 34.8 Å². The number of hydrogen-bond acceptors (Lipinski definition) is 5. The van der Waals surface area contributed by atoms with E-state index in [4.69, 9.17) is 9.47 Å². The van der Waals surface area contributed by atoms with Crippen molar-refractivity contribution in [2.24, 2.45) is 5.92 Å². The van der Waals surface area contributed by atoms with Crippen LogP contribution in [-0.4, -0.2) is 51.7 Å². The molecule has 7 heteroatoms. The Bertz CT molecular complexity index is 1120. The fourth-order valence-electron chi connectivity index (χ4n) is 5.17. The molecule has 2 aliphatic carbocycles. The van der Waals surface area contributed by atoms with Crippen molar-refractivity contribution in [1.82, 2.24) is 9.97 Å². The molecule has 1 aromatic carbocycles. The molecule has 0 spiro atoms. The molecule has 6 nitrogen and oxygen atoms in total. The number of nitrogens with one attached hydrogen (secondary N) is 1. The third kappa shape index (κ3) is 3.14. The summed E-state index contributed by atoms with van der Waals surface area (Å²) < 4.78 is 26.7. The van der Waals surface area contributed by atoms with Gasteiger partial charge in [0.25, 0.3) is 0 Å². The molecule has 3 aromatic rings. The van der Waals surface area contributed by atoms with E-state index in [1.165, 1.54) is 6.07 Å². The van der Waals surface area contributed by atoms with E-state index in [0.717, 1.165) is 31.2 Å². The van der Waals surface area contributed by atoms with Crippen LogP contribution in [0, 0.1) is 11.7 Å². The van der Waals surface area contributed by atoms with Crippen molar-refractivity contribution in [2.45, 2.75) is 49.4 Å². The molecule has 0 amide bonds. The first-order valence-electron chi connectivity index (χ1n) is 10.9. The van der Waals surface area contributed by atoms with Crippen molar-refractivity contribution in [1.29, 1.82) is 0 Å². The highest BCUT2D eigenvalue weighted by Gasteiger charge is 2.47. The minimum absolute atomic E-state index is 0.103. The molecule has 2 aromatic heterocycles. The summed E-state index contributed by atoms with van der Waals surface area (Å²) >= 11 is 0. The molecular formula is C24H25FN2O4. The molecule has 3 aliphatic rings. The van der Waals surface area contributed by atoms with Crippen LogP contribution in [0.5, 0.6) is 5.88 Å². The van der Waals surface area contributed by atoms with E-state index < -0.39 is 11.9 Å². The first kappa shape index (κ1) is 19.2. The van der Waals surface area contributed by atoms with Gasteiger partial charge in [-0.05, 0) is 31.2 Å². The SMILES string of the molecule is OCC1(c2ccc(-c3nc4cc(O[C@@H]5CCC6[C@H](O)CO[C@@H]65)[nH]c4cc3F)cc2)CC1. The first-order chi connectivity index (χ1) is 15.1. The number of fused-ring (bicyclic) bond motifs is 2. The number of halogens is 1. The lowest BCUT2D eigenvalue weighted by atomic mass is 9.95. The van der Waals surface area contributed by atoms with E-state index in [2.05, 4.69) is 9.97 Å². The Kier molecular flexibility index (Phi) is 4.35. The van der Waals surface area contributed by atoms with Gasteiger partial charge in [0.2, 0.25) is 0 Å². The minimum atomic E-state index is -0.418.